The number of carboxylic acid groups (broad SMARTS) is 1. The SMILES string of the molecule is COC(=O)CN1CC(NC2CC2)CC(C(=O)O)C1. The van der Waals surface area contributed by atoms with Crippen LogP contribution in [0.5, 0.6) is 0 Å². The van der Waals surface area contributed by atoms with E-state index in [2.05, 4.69) is 10.1 Å². The number of nitrogens with zero attached hydrogens (tertiary/aromatic N) is 1. The molecule has 1 saturated carbocycles. The number of likely N-dealkylation sites (tertiary alicyclic amines) is 1. The number of piperidine rings is 1. The number of methoxy groups -OCH3 is 1. The van der Waals surface area contributed by atoms with Gasteiger partial charge in [-0.25, -0.2) is 0 Å². The van der Waals surface area contributed by atoms with Crippen LogP contribution in [0.1, 0.15) is 19.3 Å². The molecule has 2 fully saturated rings. The van der Waals surface area contributed by atoms with Crippen molar-refractivity contribution < 1.29 is 19.4 Å². The Hall–Kier alpha value is -1.14. The highest BCUT2D eigenvalue weighted by Crippen LogP contribution is 2.24. The average molecular weight is 256 g/mol. The molecule has 1 aliphatic heterocycles. The second kappa shape index (κ2) is 5.67. The van der Waals surface area contributed by atoms with Crippen LogP contribution >= 0.6 is 0 Å². The van der Waals surface area contributed by atoms with E-state index in [9.17, 15) is 9.59 Å². The van der Waals surface area contributed by atoms with E-state index in [1.54, 1.807) is 0 Å². The summed E-state index contributed by atoms with van der Waals surface area (Å²) >= 11 is 0. The molecule has 0 aromatic rings. The maximum atomic E-state index is 11.3. The van der Waals surface area contributed by atoms with Crippen molar-refractivity contribution in [2.75, 3.05) is 26.7 Å². The van der Waals surface area contributed by atoms with Gasteiger partial charge in [0.05, 0.1) is 19.6 Å². The lowest BCUT2D eigenvalue weighted by Gasteiger charge is -2.36. The van der Waals surface area contributed by atoms with Gasteiger partial charge in [-0.15, -0.1) is 0 Å². The van der Waals surface area contributed by atoms with Crippen LogP contribution in [0.4, 0.5) is 0 Å². The number of rotatable bonds is 5. The molecular weight excluding hydrogens is 236 g/mol. The highest BCUT2D eigenvalue weighted by molar-refractivity contribution is 5.72. The Bertz CT molecular complexity index is 330. The van der Waals surface area contributed by atoms with Gasteiger partial charge in [-0.05, 0) is 19.3 Å². The topological polar surface area (TPSA) is 78.9 Å². The zero-order chi connectivity index (χ0) is 13.1. The van der Waals surface area contributed by atoms with Crippen molar-refractivity contribution in [2.24, 2.45) is 5.92 Å². The van der Waals surface area contributed by atoms with E-state index in [1.807, 2.05) is 4.90 Å². The third-order valence-electron chi connectivity index (χ3n) is 3.50. The molecule has 0 aromatic carbocycles. The molecule has 6 heteroatoms. The summed E-state index contributed by atoms with van der Waals surface area (Å²) in [7, 11) is 1.35. The van der Waals surface area contributed by atoms with Gasteiger partial charge in [-0.3, -0.25) is 14.5 Å². The highest BCUT2D eigenvalue weighted by atomic mass is 16.5. The Balaban J connectivity index is 1.91. The number of carbonyl (C=O) groups is 2. The first-order valence-electron chi connectivity index (χ1n) is 6.36. The molecule has 1 aliphatic carbocycles. The predicted octanol–water partition coefficient (Wildman–Crippen LogP) is -0.313. The number of nitrogens with one attached hydrogen (secondary N) is 1. The van der Waals surface area contributed by atoms with E-state index >= 15 is 0 Å². The normalized spacial score (nSPS) is 28.9. The van der Waals surface area contributed by atoms with Crippen molar-refractivity contribution in [3.8, 4) is 0 Å². The Kier molecular flexibility index (Phi) is 4.19. The van der Waals surface area contributed by atoms with Crippen molar-refractivity contribution in [3.63, 3.8) is 0 Å². The third-order valence-corrected chi connectivity index (χ3v) is 3.50. The summed E-state index contributed by atoms with van der Waals surface area (Å²) in [4.78, 5) is 24.3. The van der Waals surface area contributed by atoms with Gasteiger partial charge in [0.1, 0.15) is 0 Å². The molecule has 2 N–H and O–H groups in total. The first-order valence-corrected chi connectivity index (χ1v) is 6.36. The molecule has 6 nitrogen and oxygen atoms in total. The number of hydrogen-bond acceptors (Lipinski definition) is 5. The van der Waals surface area contributed by atoms with Crippen LogP contribution in [-0.4, -0.2) is 60.8 Å². The standard InChI is InChI=1S/C12H20N2O4/c1-18-11(15)7-14-5-8(12(16)17)4-10(6-14)13-9-2-3-9/h8-10,13H,2-7H2,1H3,(H,16,17). The Labute approximate surface area is 106 Å². The Morgan fingerprint density at radius 3 is 2.61 bits per heavy atom. The Morgan fingerprint density at radius 1 is 1.33 bits per heavy atom. The summed E-state index contributed by atoms with van der Waals surface area (Å²) in [6.07, 6.45) is 2.99. The van der Waals surface area contributed by atoms with E-state index in [-0.39, 0.29) is 18.6 Å². The summed E-state index contributed by atoms with van der Waals surface area (Å²) in [5.74, 6) is -1.50. The zero-order valence-corrected chi connectivity index (χ0v) is 10.6. The van der Waals surface area contributed by atoms with E-state index in [0.717, 1.165) is 6.54 Å². The fourth-order valence-corrected chi connectivity index (χ4v) is 2.45. The molecule has 102 valence electrons. The second-order valence-electron chi connectivity index (χ2n) is 5.18. The minimum absolute atomic E-state index is 0.164. The lowest BCUT2D eigenvalue weighted by molar-refractivity contribution is -0.148. The van der Waals surface area contributed by atoms with E-state index in [4.69, 9.17) is 5.11 Å². The smallest absolute Gasteiger partial charge is 0.319 e. The van der Waals surface area contributed by atoms with Gasteiger partial charge in [0, 0.05) is 25.2 Å². The van der Waals surface area contributed by atoms with Crippen molar-refractivity contribution >= 4 is 11.9 Å². The Morgan fingerprint density at radius 2 is 2.06 bits per heavy atom. The third kappa shape index (κ3) is 3.68. The molecule has 0 radical (unpaired) electrons. The largest absolute Gasteiger partial charge is 0.481 e. The number of carboxylic acids is 1. The minimum Gasteiger partial charge on any atom is -0.481 e. The van der Waals surface area contributed by atoms with E-state index < -0.39 is 11.9 Å². The van der Waals surface area contributed by atoms with Gasteiger partial charge in [0.2, 0.25) is 0 Å². The predicted molar refractivity (Wildman–Crippen MR) is 64.1 cm³/mol. The summed E-state index contributed by atoms with van der Waals surface area (Å²) < 4.78 is 4.63. The second-order valence-corrected chi connectivity index (χ2v) is 5.18. The molecule has 0 spiro atoms. The molecule has 2 unspecified atom stereocenters. The van der Waals surface area contributed by atoms with Crippen LogP contribution < -0.4 is 5.32 Å². The minimum atomic E-state index is -0.785. The molecule has 2 atom stereocenters. The monoisotopic (exact) mass is 256 g/mol. The van der Waals surface area contributed by atoms with Crippen molar-refractivity contribution in [2.45, 2.75) is 31.3 Å². The summed E-state index contributed by atoms with van der Waals surface area (Å²) in [6.45, 7) is 1.31. The first kappa shape index (κ1) is 13.3. The zero-order valence-electron chi connectivity index (χ0n) is 10.6. The van der Waals surface area contributed by atoms with Crippen LogP contribution in [0.3, 0.4) is 0 Å². The number of aliphatic carboxylic acids is 1. The molecule has 2 rings (SSSR count). The van der Waals surface area contributed by atoms with Crippen LogP contribution in [0, 0.1) is 5.92 Å². The number of esters is 1. The van der Waals surface area contributed by atoms with Crippen molar-refractivity contribution in [1.29, 1.82) is 0 Å². The number of hydrogen-bond donors (Lipinski definition) is 2. The van der Waals surface area contributed by atoms with Gasteiger partial charge in [-0.1, -0.05) is 0 Å². The maximum absolute atomic E-state index is 11.3. The van der Waals surface area contributed by atoms with Crippen LogP contribution in [0.25, 0.3) is 0 Å². The van der Waals surface area contributed by atoms with Gasteiger partial charge < -0.3 is 15.2 Å². The van der Waals surface area contributed by atoms with Crippen molar-refractivity contribution in [1.82, 2.24) is 10.2 Å². The lowest BCUT2D eigenvalue weighted by atomic mass is 9.94. The molecule has 0 bridgehead atoms. The molecule has 1 saturated heterocycles. The molecule has 1 heterocycles. The van der Waals surface area contributed by atoms with Gasteiger partial charge in [0.15, 0.2) is 0 Å². The molecule has 0 amide bonds. The average Bonchev–Trinajstić information content (AvgIpc) is 3.12. The van der Waals surface area contributed by atoms with E-state index in [1.165, 1.54) is 20.0 Å². The molecule has 0 aromatic heterocycles. The van der Waals surface area contributed by atoms with Gasteiger partial charge in [0.25, 0.3) is 0 Å². The lowest BCUT2D eigenvalue weighted by Crippen LogP contribution is -2.52. The summed E-state index contributed by atoms with van der Waals surface area (Å²) in [5, 5.41) is 12.6. The van der Waals surface area contributed by atoms with Crippen molar-refractivity contribution in [3.05, 3.63) is 0 Å². The molecular formula is C12H20N2O4. The number of carbonyl (C=O) groups excluding carboxylic acids is 1. The number of ether oxygens (including phenoxy) is 1. The van der Waals surface area contributed by atoms with Crippen LogP contribution in [-0.2, 0) is 14.3 Å². The highest BCUT2D eigenvalue weighted by Gasteiger charge is 2.35. The molecule has 18 heavy (non-hydrogen) atoms. The van der Waals surface area contributed by atoms with E-state index in [0.29, 0.717) is 19.0 Å². The van der Waals surface area contributed by atoms with Gasteiger partial charge >= 0.3 is 11.9 Å². The maximum Gasteiger partial charge on any atom is 0.319 e. The summed E-state index contributed by atoms with van der Waals surface area (Å²) in [5.41, 5.74) is 0. The van der Waals surface area contributed by atoms with Crippen LogP contribution in [0.15, 0.2) is 0 Å². The fraction of sp³-hybridized carbons (Fsp3) is 0.833. The first-order chi connectivity index (χ1) is 8.58. The van der Waals surface area contributed by atoms with Crippen LogP contribution in [0.2, 0.25) is 0 Å². The summed E-state index contributed by atoms with van der Waals surface area (Å²) in [6, 6.07) is 0.708. The molecule has 2 aliphatic rings. The quantitative estimate of drug-likeness (QED) is 0.657. The fourth-order valence-electron chi connectivity index (χ4n) is 2.45. The van der Waals surface area contributed by atoms with Gasteiger partial charge in [-0.2, -0.15) is 0 Å².